The van der Waals surface area contributed by atoms with E-state index < -0.39 is 0 Å². The van der Waals surface area contributed by atoms with Crippen LogP contribution >= 0.6 is 0 Å². The highest BCUT2D eigenvalue weighted by Crippen LogP contribution is 2.16. The molecule has 0 amide bonds. The molecular weight excluding hydrogens is 194 g/mol. The Morgan fingerprint density at radius 2 is 1.44 bits per heavy atom. The van der Waals surface area contributed by atoms with Crippen molar-refractivity contribution in [3.8, 4) is 0 Å². The third-order valence-corrected chi connectivity index (χ3v) is 2.50. The zero-order valence-corrected chi connectivity index (χ0v) is 9.14. The van der Waals surface area contributed by atoms with Gasteiger partial charge in [0.15, 0.2) is 0 Å². The highest BCUT2D eigenvalue weighted by molar-refractivity contribution is 5.82. The maximum Gasteiger partial charge on any atom is 0.0184 e. The molecule has 0 saturated carbocycles. The molecule has 80 valence electrons. The van der Waals surface area contributed by atoms with Crippen LogP contribution in [0.5, 0.6) is 0 Å². The highest BCUT2D eigenvalue weighted by atomic mass is 14.5. The van der Waals surface area contributed by atoms with E-state index in [0.717, 1.165) is 5.57 Å². The van der Waals surface area contributed by atoms with Crippen molar-refractivity contribution in [3.05, 3.63) is 71.8 Å². The van der Waals surface area contributed by atoms with Crippen molar-refractivity contribution < 1.29 is 0 Å². The van der Waals surface area contributed by atoms with Crippen LogP contribution in [0.15, 0.2) is 60.7 Å². The molecular formula is C15H15N. The number of rotatable bonds is 3. The summed E-state index contributed by atoms with van der Waals surface area (Å²) in [5.74, 6) is 0. The fourth-order valence-electron chi connectivity index (χ4n) is 1.66. The molecule has 2 aromatic carbocycles. The molecule has 16 heavy (non-hydrogen) atoms. The standard InChI is InChI=1S/C15H15N/c16-12-15(14-9-5-2-6-10-14)11-13-7-3-1-4-8-13/h1-11H,12,16H2/b15-11+. The first kappa shape index (κ1) is 10.7. The van der Waals surface area contributed by atoms with Crippen LogP contribution in [0.3, 0.4) is 0 Å². The molecule has 2 N–H and O–H groups in total. The number of nitrogens with two attached hydrogens (primary N) is 1. The lowest BCUT2D eigenvalue weighted by Gasteiger charge is -2.04. The Morgan fingerprint density at radius 3 is 2.00 bits per heavy atom. The van der Waals surface area contributed by atoms with Gasteiger partial charge >= 0.3 is 0 Å². The molecule has 0 unspecified atom stereocenters. The SMILES string of the molecule is NC/C(=C\c1ccccc1)c1ccccc1. The fourth-order valence-corrected chi connectivity index (χ4v) is 1.66. The van der Waals surface area contributed by atoms with Gasteiger partial charge in [-0.3, -0.25) is 0 Å². The summed E-state index contributed by atoms with van der Waals surface area (Å²) in [6.45, 7) is 0.554. The van der Waals surface area contributed by atoms with Crippen molar-refractivity contribution in [2.24, 2.45) is 5.73 Å². The molecule has 0 spiro atoms. The Kier molecular flexibility index (Phi) is 3.52. The summed E-state index contributed by atoms with van der Waals surface area (Å²) in [5.41, 5.74) is 9.32. The van der Waals surface area contributed by atoms with Gasteiger partial charge in [0.25, 0.3) is 0 Å². The minimum absolute atomic E-state index is 0.554. The van der Waals surface area contributed by atoms with Crippen molar-refractivity contribution in [2.45, 2.75) is 0 Å². The van der Waals surface area contributed by atoms with Crippen molar-refractivity contribution in [2.75, 3.05) is 6.54 Å². The quantitative estimate of drug-likeness (QED) is 0.772. The zero-order chi connectivity index (χ0) is 11.2. The van der Waals surface area contributed by atoms with Crippen molar-refractivity contribution in [1.29, 1.82) is 0 Å². The third-order valence-electron chi connectivity index (χ3n) is 2.50. The molecule has 1 heteroatoms. The van der Waals surface area contributed by atoms with E-state index in [4.69, 9.17) is 5.73 Å². The summed E-state index contributed by atoms with van der Waals surface area (Å²) in [6, 6.07) is 20.5. The van der Waals surface area contributed by atoms with E-state index in [0.29, 0.717) is 6.54 Å². The smallest absolute Gasteiger partial charge is 0.0184 e. The van der Waals surface area contributed by atoms with E-state index in [2.05, 4.69) is 30.3 Å². The zero-order valence-electron chi connectivity index (χ0n) is 9.14. The lowest BCUT2D eigenvalue weighted by atomic mass is 10.0. The van der Waals surface area contributed by atoms with Crippen LogP contribution < -0.4 is 5.73 Å². The molecule has 0 aromatic heterocycles. The Labute approximate surface area is 96.2 Å². The van der Waals surface area contributed by atoms with Gasteiger partial charge in [-0.25, -0.2) is 0 Å². The molecule has 0 aliphatic rings. The van der Waals surface area contributed by atoms with Crippen LogP contribution in [0.2, 0.25) is 0 Å². The van der Waals surface area contributed by atoms with Crippen LogP contribution in [-0.4, -0.2) is 6.54 Å². The van der Waals surface area contributed by atoms with E-state index in [-0.39, 0.29) is 0 Å². The van der Waals surface area contributed by atoms with Gasteiger partial charge in [-0.05, 0) is 22.8 Å². The van der Waals surface area contributed by atoms with E-state index in [1.165, 1.54) is 11.1 Å². The minimum Gasteiger partial charge on any atom is -0.326 e. The third kappa shape index (κ3) is 2.59. The number of benzene rings is 2. The second kappa shape index (κ2) is 5.29. The summed E-state index contributed by atoms with van der Waals surface area (Å²) in [6.07, 6.45) is 2.13. The summed E-state index contributed by atoms with van der Waals surface area (Å²) in [7, 11) is 0. The van der Waals surface area contributed by atoms with Gasteiger partial charge in [-0.15, -0.1) is 0 Å². The lowest BCUT2D eigenvalue weighted by Crippen LogP contribution is -2.01. The Hall–Kier alpha value is -1.86. The molecule has 1 nitrogen and oxygen atoms in total. The largest absolute Gasteiger partial charge is 0.326 e. The first-order valence-electron chi connectivity index (χ1n) is 5.41. The van der Waals surface area contributed by atoms with Crippen LogP contribution in [-0.2, 0) is 0 Å². The maximum atomic E-state index is 5.78. The normalized spacial score (nSPS) is 11.4. The van der Waals surface area contributed by atoms with E-state index >= 15 is 0 Å². The van der Waals surface area contributed by atoms with E-state index in [1.807, 2.05) is 36.4 Å². The predicted octanol–water partition coefficient (Wildman–Crippen LogP) is 3.19. The van der Waals surface area contributed by atoms with Gasteiger partial charge in [-0.2, -0.15) is 0 Å². The van der Waals surface area contributed by atoms with Crippen molar-refractivity contribution in [1.82, 2.24) is 0 Å². The predicted molar refractivity (Wildman–Crippen MR) is 69.8 cm³/mol. The summed E-state index contributed by atoms with van der Waals surface area (Å²) in [5, 5.41) is 0. The molecule has 0 bridgehead atoms. The molecule has 2 rings (SSSR count). The van der Waals surface area contributed by atoms with Gasteiger partial charge in [-0.1, -0.05) is 60.7 Å². The van der Waals surface area contributed by atoms with Crippen molar-refractivity contribution in [3.63, 3.8) is 0 Å². The summed E-state index contributed by atoms with van der Waals surface area (Å²) in [4.78, 5) is 0. The van der Waals surface area contributed by atoms with E-state index in [9.17, 15) is 0 Å². The monoisotopic (exact) mass is 209 g/mol. The molecule has 2 aromatic rings. The molecule has 0 heterocycles. The second-order valence-electron chi connectivity index (χ2n) is 3.65. The molecule has 0 saturated heterocycles. The topological polar surface area (TPSA) is 26.0 Å². The average Bonchev–Trinajstić information content (AvgIpc) is 2.38. The summed E-state index contributed by atoms with van der Waals surface area (Å²) < 4.78 is 0. The molecule has 0 fully saturated rings. The molecule has 0 radical (unpaired) electrons. The molecule has 0 aliphatic heterocycles. The average molecular weight is 209 g/mol. The first-order chi connectivity index (χ1) is 7.90. The first-order valence-corrected chi connectivity index (χ1v) is 5.41. The molecule has 0 aliphatic carbocycles. The van der Waals surface area contributed by atoms with E-state index in [1.54, 1.807) is 0 Å². The van der Waals surface area contributed by atoms with Crippen LogP contribution in [0.4, 0.5) is 0 Å². The van der Waals surface area contributed by atoms with Gasteiger partial charge in [0.1, 0.15) is 0 Å². The van der Waals surface area contributed by atoms with Crippen LogP contribution in [0, 0.1) is 0 Å². The van der Waals surface area contributed by atoms with Crippen LogP contribution in [0.25, 0.3) is 11.6 Å². The summed E-state index contributed by atoms with van der Waals surface area (Å²) >= 11 is 0. The Bertz CT molecular complexity index is 457. The Balaban J connectivity index is 2.34. The maximum absolute atomic E-state index is 5.78. The fraction of sp³-hybridized carbons (Fsp3) is 0.0667. The van der Waals surface area contributed by atoms with Gasteiger partial charge in [0.2, 0.25) is 0 Å². The van der Waals surface area contributed by atoms with Gasteiger partial charge in [0.05, 0.1) is 0 Å². The van der Waals surface area contributed by atoms with Crippen molar-refractivity contribution >= 4 is 11.6 Å². The second-order valence-corrected chi connectivity index (χ2v) is 3.65. The van der Waals surface area contributed by atoms with Gasteiger partial charge < -0.3 is 5.73 Å². The van der Waals surface area contributed by atoms with Crippen LogP contribution in [0.1, 0.15) is 11.1 Å². The minimum atomic E-state index is 0.554. The highest BCUT2D eigenvalue weighted by Gasteiger charge is 1.98. The molecule has 0 atom stereocenters. The number of hydrogen-bond donors (Lipinski definition) is 1. The Morgan fingerprint density at radius 1 is 0.875 bits per heavy atom. The van der Waals surface area contributed by atoms with Gasteiger partial charge in [0, 0.05) is 6.54 Å². The lowest BCUT2D eigenvalue weighted by molar-refractivity contribution is 1.27. The number of hydrogen-bond acceptors (Lipinski definition) is 1.